The predicted molar refractivity (Wildman–Crippen MR) is 77.3 cm³/mol. The highest BCUT2D eigenvalue weighted by atomic mass is 16.5. The lowest BCUT2D eigenvalue weighted by Crippen LogP contribution is -1.97. The van der Waals surface area contributed by atoms with Crippen LogP contribution in [0.25, 0.3) is 0 Å². The van der Waals surface area contributed by atoms with Crippen LogP contribution in [0.1, 0.15) is 22.5 Å². The third-order valence-electron chi connectivity index (χ3n) is 2.96. The minimum absolute atomic E-state index is 0.375. The molecular weight excluding hydrogens is 234 g/mol. The monoisotopic (exact) mass is 251 g/mol. The van der Waals surface area contributed by atoms with Gasteiger partial charge in [-0.2, -0.15) is 0 Å². The van der Waals surface area contributed by atoms with E-state index in [0.29, 0.717) is 6.61 Å². The van der Waals surface area contributed by atoms with Crippen molar-refractivity contribution in [2.75, 3.05) is 6.61 Å². The van der Waals surface area contributed by atoms with Crippen molar-refractivity contribution in [3.63, 3.8) is 0 Å². The number of ether oxygens (including phenoxy) is 1. The van der Waals surface area contributed by atoms with Gasteiger partial charge in [-0.15, -0.1) is 0 Å². The fourth-order valence-corrected chi connectivity index (χ4v) is 1.73. The van der Waals surface area contributed by atoms with Crippen LogP contribution in [-0.2, 0) is 0 Å². The van der Waals surface area contributed by atoms with E-state index < -0.39 is 0 Å². The SMILES string of the molecule is Cc1cccc(C#CCOc2cccc(C)c2C)n1. The first kappa shape index (κ1) is 13.2. The van der Waals surface area contributed by atoms with Crippen molar-refractivity contribution in [3.8, 4) is 17.6 Å². The standard InChI is InChI=1S/C17H17NO/c1-13-7-4-11-17(15(13)3)19-12-6-10-16-9-5-8-14(2)18-16/h4-5,7-9,11H,12H2,1-3H3. The predicted octanol–water partition coefficient (Wildman–Crippen LogP) is 3.44. The molecule has 0 atom stereocenters. The average molecular weight is 251 g/mol. The van der Waals surface area contributed by atoms with Gasteiger partial charge in [-0.1, -0.05) is 24.1 Å². The van der Waals surface area contributed by atoms with Gasteiger partial charge >= 0.3 is 0 Å². The first-order valence-electron chi connectivity index (χ1n) is 6.28. The highest BCUT2D eigenvalue weighted by molar-refractivity contribution is 5.38. The molecule has 0 bridgehead atoms. The first-order chi connectivity index (χ1) is 9.16. The number of hydrogen-bond donors (Lipinski definition) is 0. The Kier molecular flexibility index (Phi) is 4.20. The van der Waals surface area contributed by atoms with Crippen LogP contribution >= 0.6 is 0 Å². The molecule has 0 aliphatic heterocycles. The van der Waals surface area contributed by atoms with Crippen LogP contribution in [0.2, 0.25) is 0 Å². The summed E-state index contributed by atoms with van der Waals surface area (Å²) >= 11 is 0. The molecule has 19 heavy (non-hydrogen) atoms. The van der Waals surface area contributed by atoms with E-state index in [4.69, 9.17) is 4.74 Å². The molecule has 0 amide bonds. The molecule has 0 radical (unpaired) electrons. The first-order valence-corrected chi connectivity index (χ1v) is 6.28. The summed E-state index contributed by atoms with van der Waals surface area (Å²) in [5, 5.41) is 0. The molecule has 0 saturated carbocycles. The summed E-state index contributed by atoms with van der Waals surface area (Å²) < 4.78 is 5.67. The maximum atomic E-state index is 5.67. The van der Waals surface area contributed by atoms with Gasteiger partial charge in [0.25, 0.3) is 0 Å². The third kappa shape index (κ3) is 3.59. The highest BCUT2D eigenvalue weighted by Crippen LogP contribution is 2.20. The van der Waals surface area contributed by atoms with E-state index in [-0.39, 0.29) is 0 Å². The van der Waals surface area contributed by atoms with E-state index in [2.05, 4.69) is 36.7 Å². The van der Waals surface area contributed by atoms with Gasteiger partial charge in [-0.3, -0.25) is 0 Å². The Morgan fingerprint density at radius 3 is 2.63 bits per heavy atom. The molecule has 2 heteroatoms. The van der Waals surface area contributed by atoms with Crippen molar-refractivity contribution in [2.24, 2.45) is 0 Å². The molecule has 0 fully saturated rings. The van der Waals surface area contributed by atoms with E-state index in [1.807, 2.05) is 37.3 Å². The normalized spacial score (nSPS) is 9.63. The fourth-order valence-electron chi connectivity index (χ4n) is 1.73. The zero-order valence-electron chi connectivity index (χ0n) is 11.5. The van der Waals surface area contributed by atoms with Crippen molar-refractivity contribution in [1.82, 2.24) is 4.98 Å². The molecule has 0 aliphatic rings. The van der Waals surface area contributed by atoms with E-state index >= 15 is 0 Å². The number of nitrogens with zero attached hydrogens (tertiary/aromatic N) is 1. The van der Waals surface area contributed by atoms with Gasteiger partial charge in [0.1, 0.15) is 18.1 Å². The van der Waals surface area contributed by atoms with E-state index in [0.717, 1.165) is 22.7 Å². The Labute approximate surface area is 114 Å². The molecule has 1 aromatic carbocycles. The Bertz CT molecular complexity index is 635. The molecule has 96 valence electrons. The maximum Gasteiger partial charge on any atom is 0.149 e. The Morgan fingerprint density at radius 2 is 1.84 bits per heavy atom. The van der Waals surface area contributed by atoms with E-state index in [9.17, 15) is 0 Å². The quantitative estimate of drug-likeness (QED) is 0.763. The number of rotatable bonds is 2. The van der Waals surface area contributed by atoms with Crippen molar-refractivity contribution in [2.45, 2.75) is 20.8 Å². The van der Waals surface area contributed by atoms with Gasteiger partial charge in [0.05, 0.1) is 0 Å². The lowest BCUT2D eigenvalue weighted by molar-refractivity contribution is 0.367. The number of pyridine rings is 1. The number of aromatic nitrogens is 1. The van der Waals surface area contributed by atoms with Gasteiger partial charge in [-0.25, -0.2) is 4.98 Å². The zero-order chi connectivity index (χ0) is 13.7. The van der Waals surface area contributed by atoms with Gasteiger partial charge in [0, 0.05) is 5.69 Å². The summed E-state index contributed by atoms with van der Waals surface area (Å²) in [6.45, 7) is 6.46. The summed E-state index contributed by atoms with van der Waals surface area (Å²) in [5.41, 5.74) is 4.15. The molecule has 0 saturated heterocycles. The van der Waals surface area contributed by atoms with Crippen molar-refractivity contribution < 1.29 is 4.74 Å². The molecule has 0 spiro atoms. The molecule has 0 aliphatic carbocycles. The van der Waals surface area contributed by atoms with Crippen LogP contribution in [0.4, 0.5) is 0 Å². The minimum Gasteiger partial charge on any atom is -0.481 e. The Morgan fingerprint density at radius 1 is 1.05 bits per heavy atom. The maximum absolute atomic E-state index is 5.67. The Hall–Kier alpha value is -2.27. The van der Waals surface area contributed by atoms with Gasteiger partial charge in [0.2, 0.25) is 0 Å². The van der Waals surface area contributed by atoms with Crippen molar-refractivity contribution in [3.05, 3.63) is 58.9 Å². The van der Waals surface area contributed by atoms with Crippen molar-refractivity contribution >= 4 is 0 Å². The second kappa shape index (κ2) is 6.06. The summed E-state index contributed by atoms with van der Waals surface area (Å²) in [4.78, 5) is 4.32. The Balaban J connectivity index is 1.99. The van der Waals surface area contributed by atoms with Crippen LogP contribution < -0.4 is 4.74 Å². The van der Waals surface area contributed by atoms with Crippen LogP contribution in [0.15, 0.2) is 36.4 Å². The number of benzene rings is 1. The lowest BCUT2D eigenvalue weighted by Gasteiger charge is -2.07. The number of aryl methyl sites for hydroxylation is 2. The summed E-state index contributed by atoms with van der Waals surface area (Å²) in [5.74, 6) is 6.89. The molecule has 1 heterocycles. The van der Waals surface area contributed by atoms with Crippen LogP contribution in [0.5, 0.6) is 5.75 Å². The molecule has 2 aromatic rings. The van der Waals surface area contributed by atoms with Crippen LogP contribution in [-0.4, -0.2) is 11.6 Å². The van der Waals surface area contributed by atoms with Crippen LogP contribution in [0, 0.1) is 32.6 Å². The summed E-state index contributed by atoms with van der Waals surface area (Å²) in [6.07, 6.45) is 0. The zero-order valence-corrected chi connectivity index (χ0v) is 11.5. The second-order valence-electron chi connectivity index (χ2n) is 4.45. The molecule has 2 nitrogen and oxygen atoms in total. The van der Waals surface area contributed by atoms with E-state index in [1.165, 1.54) is 5.56 Å². The third-order valence-corrected chi connectivity index (χ3v) is 2.96. The van der Waals surface area contributed by atoms with Crippen molar-refractivity contribution in [1.29, 1.82) is 0 Å². The molecule has 0 unspecified atom stereocenters. The molecular formula is C17H17NO. The number of hydrogen-bond acceptors (Lipinski definition) is 2. The summed E-state index contributed by atoms with van der Waals surface area (Å²) in [6, 6.07) is 11.8. The van der Waals surface area contributed by atoms with Crippen LogP contribution in [0.3, 0.4) is 0 Å². The van der Waals surface area contributed by atoms with Gasteiger partial charge in [-0.05, 0) is 56.0 Å². The largest absolute Gasteiger partial charge is 0.481 e. The smallest absolute Gasteiger partial charge is 0.149 e. The van der Waals surface area contributed by atoms with Gasteiger partial charge in [0.15, 0.2) is 0 Å². The highest BCUT2D eigenvalue weighted by Gasteiger charge is 1.99. The van der Waals surface area contributed by atoms with Gasteiger partial charge < -0.3 is 4.74 Å². The molecule has 0 N–H and O–H groups in total. The lowest BCUT2D eigenvalue weighted by atomic mass is 10.1. The molecule has 1 aromatic heterocycles. The average Bonchev–Trinajstić information content (AvgIpc) is 2.39. The minimum atomic E-state index is 0.375. The second-order valence-corrected chi connectivity index (χ2v) is 4.45. The van der Waals surface area contributed by atoms with E-state index in [1.54, 1.807) is 0 Å². The fraction of sp³-hybridized carbons (Fsp3) is 0.235. The summed E-state index contributed by atoms with van der Waals surface area (Å²) in [7, 11) is 0. The molecule has 2 rings (SSSR count). The topological polar surface area (TPSA) is 22.1 Å².